The highest BCUT2D eigenvalue weighted by Crippen LogP contribution is 2.36. The second-order valence-corrected chi connectivity index (χ2v) is 6.31. The fourth-order valence-electron chi connectivity index (χ4n) is 3.21. The van der Waals surface area contributed by atoms with Crippen LogP contribution in [0.25, 0.3) is 0 Å². The van der Waals surface area contributed by atoms with E-state index in [2.05, 4.69) is 26.0 Å². The number of rotatable bonds is 6. The van der Waals surface area contributed by atoms with Crippen molar-refractivity contribution in [2.45, 2.75) is 51.0 Å². The first-order valence-corrected chi connectivity index (χ1v) is 7.68. The summed E-state index contributed by atoms with van der Waals surface area (Å²) < 4.78 is 5.96. The van der Waals surface area contributed by atoms with Gasteiger partial charge in [0.05, 0.1) is 13.2 Å². The summed E-state index contributed by atoms with van der Waals surface area (Å²) in [7, 11) is 0. The van der Waals surface area contributed by atoms with E-state index in [9.17, 15) is 5.11 Å². The zero-order valence-corrected chi connectivity index (χ0v) is 12.6. The molecular formula is C17H27NO2. The molecule has 3 heteroatoms. The molecule has 0 aromatic heterocycles. The van der Waals surface area contributed by atoms with E-state index in [0.29, 0.717) is 18.4 Å². The minimum atomic E-state index is -0.388. The molecular weight excluding hydrogens is 250 g/mol. The summed E-state index contributed by atoms with van der Waals surface area (Å²) in [5.41, 5.74) is 7.12. The Hall–Kier alpha value is -1.06. The van der Waals surface area contributed by atoms with Crippen LogP contribution in [0.3, 0.4) is 0 Å². The molecule has 0 saturated heterocycles. The lowest BCUT2D eigenvalue weighted by Crippen LogP contribution is -2.47. The highest BCUT2D eigenvalue weighted by atomic mass is 16.5. The molecule has 1 aromatic carbocycles. The van der Waals surface area contributed by atoms with Gasteiger partial charge in [-0.15, -0.1) is 0 Å². The molecule has 112 valence electrons. The summed E-state index contributed by atoms with van der Waals surface area (Å²) >= 11 is 0. The van der Waals surface area contributed by atoms with E-state index in [4.69, 9.17) is 10.5 Å². The largest absolute Gasteiger partial charge is 0.493 e. The van der Waals surface area contributed by atoms with E-state index in [1.807, 2.05) is 12.1 Å². The van der Waals surface area contributed by atoms with E-state index >= 15 is 0 Å². The third kappa shape index (κ3) is 3.33. The molecule has 1 fully saturated rings. The Kier molecular flexibility index (Phi) is 5.06. The molecule has 3 nitrogen and oxygen atoms in total. The predicted molar refractivity (Wildman–Crippen MR) is 82.0 cm³/mol. The van der Waals surface area contributed by atoms with E-state index in [1.54, 1.807) is 0 Å². The van der Waals surface area contributed by atoms with Crippen molar-refractivity contribution in [1.82, 2.24) is 0 Å². The van der Waals surface area contributed by atoms with Crippen LogP contribution in [0.2, 0.25) is 0 Å². The summed E-state index contributed by atoms with van der Waals surface area (Å²) in [5, 5.41) is 9.46. The molecule has 2 unspecified atom stereocenters. The number of aliphatic hydroxyl groups is 1. The molecule has 3 N–H and O–H groups in total. The van der Waals surface area contributed by atoms with Crippen LogP contribution in [-0.2, 0) is 0 Å². The Morgan fingerprint density at radius 2 is 2.15 bits per heavy atom. The molecule has 0 spiro atoms. The molecule has 1 aliphatic rings. The van der Waals surface area contributed by atoms with Crippen LogP contribution in [0.15, 0.2) is 24.3 Å². The van der Waals surface area contributed by atoms with Crippen molar-refractivity contribution in [3.63, 3.8) is 0 Å². The van der Waals surface area contributed by atoms with Crippen LogP contribution in [0.5, 0.6) is 5.75 Å². The lowest BCUT2D eigenvalue weighted by atomic mass is 9.87. The fourth-order valence-corrected chi connectivity index (χ4v) is 3.21. The van der Waals surface area contributed by atoms with E-state index in [1.165, 1.54) is 5.56 Å². The first kappa shape index (κ1) is 15.3. The molecule has 1 saturated carbocycles. The highest BCUT2D eigenvalue weighted by molar-refractivity contribution is 5.35. The smallest absolute Gasteiger partial charge is 0.122 e. The van der Waals surface area contributed by atoms with E-state index in [-0.39, 0.29) is 12.1 Å². The summed E-state index contributed by atoms with van der Waals surface area (Å²) in [6.07, 6.45) is 4.07. The van der Waals surface area contributed by atoms with Gasteiger partial charge in [-0.3, -0.25) is 0 Å². The number of ether oxygens (including phenoxy) is 1. The first-order chi connectivity index (χ1) is 9.57. The van der Waals surface area contributed by atoms with Gasteiger partial charge in [-0.2, -0.15) is 0 Å². The number of benzene rings is 1. The van der Waals surface area contributed by atoms with Gasteiger partial charge >= 0.3 is 0 Å². The van der Waals surface area contributed by atoms with Crippen LogP contribution in [0.1, 0.15) is 51.0 Å². The maximum Gasteiger partial charge on any atom is 0.122 e. The van der Waals surface area contributed by atoms with Crippen molar-refractivity contribution in [3.8, 4) is 5.75 Å². The number of hydrogen-bond donors (Lipinski definition) is 2. The van der Waals surface area contributed by atoms with Crippen molar-refractivity contribution >= 4 is 0 Å². The molecule has 1 aliphatic carbocycles. The third-order valence-corrected chi connectivity index (χ3v) is 4.57. The number of nitrogens with two attached hydrogens (primary N) is 1. The Bertz CT molecular complexity index is 433. The number of aliphatic hydroxyl groups excluding tert-OH is 1. The molecule has 1 aromatic rings. The Balaban J connectivity index is 1.90. The SMILES string of the molecule is CC(C)c1ccccc1OCCC1CCCC1(N)CO. The molecule has 0 heterocycles. The summed E-state index contributed by atoms with van der Waals surface area (Å²) in [6.45, 7) is 5.11. The average molecular weight is 277 g/mol. The van der Waals surface area contributed by atoms with Crippen molar-refractivity contribution in [1.29, 1.82) is 0 Å². The molecule has 2 rings (SSSR count). The lowest BCUT2D eigenvalue weighted by molar-refractivity contribution is 0.143. The third-order valence-electron chi connectivity index (χ3n) is 4.57. The molecule has 0 aliphatic heterocycles. The number of para-hydroxylation sites is 1. The summed E-state index contributed by atoms with van der Waals surface area (Å²) in [5.74, 6) is 1.81. The molecule has 20 heavy (non-hydrogen) atoms. The standard InChI is InChI=1S/C17H27NO2/c1-13(2)15-7-3-4-8-16(15)20-11-9-14-6-5-10-17(14,18)12-19/h3-4,7-8,13-14,19H,5-6,9-12,18H2,1-2H3. The van der Waals surface area contributed by atoms with Crippen LogP contribution in [0, 0.1) is 5.92 Å². The van der Waals surface area contributed by atoms with Gasteiger partial charge in [0.1, 0.15) is 5.75 Å². The fraction of sp³-hybridized carbons (Fsp3) is 0.647. The lowest BCUT2D eigenvalue weighted by Gasteiger charge is -2.29. The van der Waals surface area contributed by atoms with E-state index < -0.39 is 0 Å². The minimum absolute atomic E-state index is 0.0836. The second kappa shape index (κ2) is 6.59. The Labute approximate surface area is 122 Å². The van der Waals surface area contributed by atoms with Crippen molar-refractivity contribution in [3.05, 3.63) is 29.8 Å². The predicted octanol–water partition coefficient (Wildman–Crippen LogP) is 3.07. The second-order valence-electron chi connectivity index (χ2n) is 6.31. The normalized spacial score (nSPS) is 26.1. The molecule has 0 bridgehead atoms. The molecule has 0 radical (unpaired) electrons. The Morgan fingerprint density at radius 3 is 2.85 bits per heavy atom. The summed E-state index contributed by atoms with van der Waals surface area (Å²) in [4.78, 5) is 0. The Morgan fingerprint density at radius 1 is 1.40 bits per heavy atom. The van der Waals surface area contributed by atoms with Gasteiger partial charge < -0.3 is 15.6 Å². The van der Waals surface area contributed by atoms with Gasteiger partial charge in [0.2, 0.25) is 0 Å². The van der Waals surface area contributed by atoms with Gasteiger partial charge in [-0.05, 0) is 42.7 Å². The van der Waals surface area contributed by atoms with Crippen molar-refractivity contribution in [2.75, 3.05) is 13.2 Å². The van der Waals surface area contributed by atoms with Gasteiger partial charge in [0, 0.05) is 5.54 Å². The maximum absolute atomic E-state index is 9.46. The minimum Gasteiger partial charge on any atom is -0.493 e. The summed E-state index contributed by atoms with van der Waals surface area (Å²) in [6, 6.07) is 8.22. The molecule has 0 amide bonds. The van der Waals surface area contributed by atoms with Crippen LogP contribution >= 0.6 is 0 Å². The highest BCUT2D eigenvalue weighted by Gasteiger charge is 2.38. The number of hydrogen-bond acceptors (Lipinski definition) is 3. The van der Waals surface area contributed by atoms with Gasteiger partial charge in [0.25, 0.3) is 0 Å². The van der Waals surface area contributed by atoms with E-state index in [0.717, 1.165) is 31.4 Å². The monoisotopic (exact) mass is 277 g/mol. The quantitative estimate of drug-likeness (QED) is 0.840. The van der Waals surface area contributed by atoms with Gasteiger partial charge in [-0.25, -0.2) is 0 Å². The maximum atomic E-state index is 9.46. The molecule has 2 atom stereocenters. The van der Waals surface area contributed by atoms with Crippen LogP contribution in [-0.4, -0.2) is 23.9 Å². The van der Waals surface area contributed by atoms with Crippen LogP contribution in [0.4, 0.5) is 0 Å². The average Bonchev–Trinajstić information content (AvgIpc) is 2.81. The van der Waals surface area contributed by atoms with Crippen LogP contribution < -0.4 is 10.5 Å². The first-order valence-electron chi connectivity index (χ1n) is 7.68. The zero-order chi connectivity index (χ0) is 14.6. The van der Waals surface area contributed by atoms with Gasteiger partial charge in [0.15, 0.2) is 0 Å². The topological polar surface area (TPSA) is 55.5 Å². The van der Waals surface area contributed by atoms with Gasteiger partial charge in [-0.1, -0.05) is 38.5 Å². The zero-order valence-electron chi connectivity index (χ0n) is 12.6. The van der Waals surface area contributed by atoms with Crippen molar-refractivity contribution < 1.29 is 9.84 Å². The van der Waals surface area contributed by atoms with Crippen molar-refractivity contribution in [2.24, 2.45) is 11.7 Å².